The molecule has 0 saturated carbocycles. The lowest BCUT2D eigenvalue weighted by atomic mass is 9.99. The number of aromatic nitrogens is 5. The standard InChI is InChI=1S/C43H27N5/c1-4-11-29(12-5-1)38-27-39(33-21-23-37-32(25-33)17-10-24-44-37)46-43(45-38)34-19-18-28-20-22-35-40(30-13-6-2-7-14-30)47-42(31-15-8-3-9-16-31)48-41(35)36(28)26-34/h1-27H. The highest BCUT2D eigenvalue weighted by Gasteiger charge is 2.16. The molecule has 9 rings (SSSR count). The molecule has 0 aliphatic heterocycles. The molecule has 48 heavy (non-hydrogen) atoms. The lowest BCUT2D eigenvalue weighted by molar-refractivity contribution is 1.18. The molecule has 6 aromatic carbocycles. The van der Waals surface area contributed by atoms with Crippen molar-refractivity contribution in [2.24, 2.45) is 0 Å². The monoisotopic (exact) mass is 613 g/mol. The Morgan fingerprint density at radius 3 is 1.77 bits per heavy atom. The van der Waals surface area contributed by atoms with Crippen molar-refractivity contribution in [1.82, 2.24) is 24.9 Å². The first-order valence-corrected chi connectivity index (χ1v) is 15.9. The second kappa shape index (κ2) is 11.6. The Morgan fingerprint density at radius 2 is 1.00 bits per heavy atom. The second-order valence-electron chi connectivity index (χ2n) is 11.8. The maximum Gasteiger partial charge on any atom is 0.160 e. The first-order valence-electron chi connectivity index (χ1n) is 15.9. The van der Waals surface area contributed by atoms with E-state index in [0.717, 1.165) is 77.5 Å². The van der Waals surface area contributed by atoms with E-state index in [-0.39, 0.29) is 0 Å². The van der Waals surface area contributed by atoms with Crippen LogP contribution < -0.4 is 0 Å². The van der Waals surface area contributed by atoms with Gasteiger partial charge in [0.15, 0.2) is 11.6 Å². The molecule has 0 spiro atoms. The van der Waals surface area contributed by atoms with Gasteiger partial charge >= 0.3 is 0 Å². The van der Waals surface area contributed by atoms with E-state index in [9.17, 15) is 0 Å². The number of fused-ring (bicyclic) bond motifs is 4. The predicted molar refractivity (Wildman–Crippen MR) is 195 cm³/mol. The Bertz CT molecular complexity index is 2600. The summed E-state index contributed by atoms with van der Waals surface area (Å²) in [6, 6.07) is 53.8. The van der Waals surface area contributed by atoms with Crippen molar-refractivity contribution >= 4 is 32.6 Å². The van der Waals surface area contributed by atoms with Crippen LogP contribution in [0.4, 0.5) is 0 Å². The van der Waals surface area contributed by atoms with Crippen LogP contribution in [0.1, 0.15) is 0 Å². The number of hydrogen-bond donors (Lipinski definition) is 0. The molecule has 0 atom stereocenters. The van der Waals surface area contributed by atoms with Crippen LogP contribution in [0.25, 0.3) is 89.1 Å². The van der Waals surface area contributed by atoms with Crippen molar-refractivity contribution in [3.05, 3.63) is 164 Å². The van der Waals surface area contributed by atoms with Crippen LogP contribution in [0.15, 0.2) is 164 Å². The summed E-state index contributed by atoms with van der Waals surface area (Å²) in [5.41, 5.74) is 9.43. The number of nitrogens with zero attached hydrogens (tertiary/aromatic N) is 5. The average molecular weight is 614 g/mol. The molecule has 3 heterocycles. The van der Waals surface area contributed by atoms with Gasteiger partial charge in [-0.1, -0.05) is 121 Å². The topological polar surface area (TPSA) is 64.5 Å². The molecule has 9 aromatic rings. The summed E-state index contributed by atoms with van der Waals surface area (Å²) in [4.78, 5) is 25.1. The van der Waals surface area contributed by atoms with Gasteiger partial charge in [-0.15, -0.1) is 0 Å². The first kappa shape index (κ1) is 27.7. The van der Waals surface area contributed by atoms with Crippen LogP contribution in [-0.4, -0.2) is 24.9 Å². The van der Waals surface area contributed by atoms with Gasteiger partial charge in [0, 0.05) is 50.2 Å². The van der Waals surface area contributed by atoms with E-state index in [0.29, 0.717) is 11.6 Å². The number of pyridine rings is 1. The molecule has 0 bridgehead atoms. The summed E-state index contributed by atoms with van der Waals surface area (Å²) in [5, 5.41) is 4.17. The molecule has 0 unspecified atom stereocenters. The Morgan fingerprint density at radius 1 is 0.354 bits per heavy atom. The molecule has 3 aromatic heterocycles. The Hall–Kier alpha value is -6.59. The fourth-order valence-corrected chi connectivity index (χ4v) is 6.30. The van der Waals surface area contributed by atoms with Crippen molar-refractivity contribution in [2.75, 3.05) is 0 Å². The summed E-state index contributed by atoms with van der Waals surface area (Å²) < 4.78 is 0. The minimum Gasteiger partial charge on any atom is -0.256 e. The van der Waals surface area contributed by atoms with Crippen LogP contribution >= 0.6 is 0 Å². The summed E-state index contributed by atoms with van der Waals surface area (Å²) in [7, 11) is 0. The molecule has 0 fully saturated rings. The van der Waals surface area contributed by atoms with Crippen molar-refractivity contribution in [1.29, 1.82) is 0 Å². The average Bonchev–Trinajstić information content (AvgIpc) is 3.18. The quantitative estimate of drug-likeness (QED) is 0.181. The van der Waals surface area contributed by atoms with Gasteiger partial charge in [0.2, 0.25) is 0 Å². The molecule has 224 valence electrons. The molecule has 0 amide bonds. The smallest absolute Gasteiger partial charge is 0.160 e. The van der Waals surface area contributed by atoms with E-state index in [1.807, 2.05) is 72.9 Å². The maximum atomic E-state index is 5.20. The van der Waals surface area contributed by atoms with Crippen LogP contribution in [0.3, 0.4) is 0 Å². The highest BCUT2D eigenvalue weighted by Crippen LogP contribution is 2.36. The van der Waals surface area contributed by atoms with E-state index < -0.39 is 0 Å². The molecule has 0 N–H and O–H groups in total. The number of hydrogen-bond acceptors (Lipinski definition) is 5. The number of rotatable bonds is 5. The Balaban J connectivity index is 1.28. The van der Waals surface area contributed by atoms with Gasteiger partial charge in [-0.05, 0) is 41.8 Å². The molecule has 0 radical (unpaired) electrons. The highest BCUT2D eigenvalue weighted by atomic mass is 14.9. The Kier molecular flexibility index (Phi) is 6.72. The minimum absolute atomic E-state index is 0.650. The Labute approximate surface area is 277 Å². The third-order valence-electron chi connectivity index (χ3n) is 8.72. The molecule has 5 heteroatoms. The van der Waals surface area contributed by atoms with Gasteiger partial charge in [-0.25, -0.2) is 19.9 Å². The third kappa shape index (κ3) is 5.04. The van der Waals surface area contributed by atoms with Crippen LogP contribution in [0.5, 0.6) is 0 Å². The number of benzene rings is 6. The normalized spacial score (nSPS) is 11.3. The van der Waals surface area contributed by atoms with Gasteiger partial charge in [0.25, 0.3) is 0 Å². The molecule has 0 aliphatic rings. The minimum atomic E-state index is 0.650. The molecular formula is C43H27N5. The van der Waals surface area contributed by atoms with Crippen LogP contribution in [0, 0.1) is 0 Å². The van der Waals surface area contributed by atoms with Crippen molar-refractivity contribution in [3.63, 3.8) is 0 Å². The SMILES string of the molecule is c1ccc(-c2cc(-c3ccc4ncccc4c3)nc(-c3ccc4ccc5c(-c6ccccc6)nc(-c6ccccc6)nc5c4c3)n2)cc1. The van der Waals surface area contributed by atoms with E-state index >= 15 is 0 Å². The first-order chi connectivity index (χ1) is 23.8. The maximum absolute atomic E-state index is 5.20. The van der Waals surface area contributed by atoms with E-state index in [2.05, 4.69) is 96.0 Å². The summed E-state index contributed by atoms with van der Waals surface area (Å²) >= 11 is 0. The predicted octanol–water partition coefficient (Wildman–Crippen LogP) is 10.5. The zero-order chi connectivity index (χ0) is 31.9. The van der Waals surface area contributed by atoms with Gasteiger partial charge < -0.3 is 0 Å². The van der Waals surface area contributed by atoms with Crippen LogP contribution in [-0.2, 0) is 0 Å². The molecule has 0 saturated heterocycles. The van der Waals surface area contributed by atoms with E-state index in [4.69, 9.17) is 19.9 Å². The fraction of sp³-hybridized carbons (Fsp3) is 0. The van der Waals surface area contributed by atoms with Gasteiger partial charge in [0.05, 0.1) is 28.1 Å². The van der Waals surface area contributed by atoms with Crippen molar-refractivity contribution in [3.8, 4) is 56.5 Å². The van der Waals surface area contributed by atoms with Crippen molar-refractivity contribution in [2.45, 2.75) is 0 Å². The van der Waals surface area contributed by atoms with E-state index in [1.165, 1.54) is 0 Å². The summed E-state index contributed by atoms with van der Waals surface area (Å²) in [6.45, 7) is 0. The summed E-state index contributed by atoms with van der Waals surface area (Å²) in [5.74, 6) is 1.34. The van der Waals surface area contributed by atoms with Crippen molar-refractivity contribution < 1.29 is 0 Å². The highest BCUT2D eigenvalue weighted by molar-refractivity contribution is 6.10. The molecule has 5 nitrogen and oxygen atoms in total. The molecule has 0 aliphatic carbocycles. The third-order valence-corrected chi connectivity index (χ3v) is 8.72. The van der Waals surface area contributed by atoms with Gasteiger partial charge in [-0.3, -0.25) is 4.98 Å². The zero-order valence-corrected chi connectivity index (χ0v) is 25.8. The van der Waals surface area contributed by atoms with Gasteiger partial charge in [-0.2, -0.15) is 0 Å². The largest absolute Gasteiger partial charge is 0.256 e. The lowest BCUT2D eigenvalue weighted by Crippen LogP contribution is -1.97. The lowest BCUT2D eigenvalue weighted by Gasteiger charge is -2.13. The van der Waals surface area contributed by atoms with Crippen LogP contribution in [0.2, 0.25) is 0 Å². The fourth-order valence-electron chi connectivity index (χ4n) is 6.30. The van der Waals surface area contributed by atoms with Gasteiger partial charge in [0.1, 0.15) is 0 Å². The zero-order valence-electron chi connectivity index (χ0n) is 25.8. The molecular weight excluding hydrogens is 587 g/mol. The summed E-state index contributed by atoms with van der Waals surface area (Å²) in [6.07, 6.45) is 1.82. The second-order valence-corrected chi connectivity index (χ2v) is 11.8. The van der Waals surface area contributed by atoms with E-state index in [1.54, 1.807) is 0 Å².